The summed E-state index contributed by atoms with van der Waals surface area (Å²) in [6.45, 7) is 6.76. The number of fused-ring (bicyclic) bond motifs is 1. The van der Waals surface area contributed by atoms with Crippen molar-refractivity contribution < 1.29 is 14.7 Å². The van der Waals surface area contributed by atoms with Crippen LogP contribution in [0.5, 0.6) is 0 Å². The number of nitrogens with zero attached hydrogens (tertiary/aromatic N) is 2. The first-order valence-corrected chi connectivity index (χ1v) is 6.85. The normalized spacial score (nSPS) is 17.0. The SMILES string of the molecule is C=C(C)CN(C)C(=O)N1Cc2ccccc2C(C(=O)O)C1. The molecule has 0 saturated carbocycles. The van der Waals surface area contributed by atoms with Crippen LogP contribution in [0.25, 0.3) is 0 Å². The van der Waals surface area contributed by atoms with E-state index in [9.17, 15) is 14.7 Å². The van der Waals surface area contributed by atoms with E-state index in [1.165, 1.54) is 0 Å². The number of urea groups is 1. The number of aliphatic carboxylic acids is 1. The smallest absolute Gasteiger partial charge is 0.320 e. The Hall–Kier alpha value is -2.30. The molecule has 0 radical (unpaired) electrons. The van der Waals surface area contributed by atoms with Gasteiger partial charge in [-0.3, -0.25) is 4.79 Å². The summed E-state index contributed by atoms with van der Waals surface area (Å²) < 4.78 is 0. The molecule has 2 rings (SSSR count). The summed E-state index contributed by atoms with van der Waals surface area (Å²) in [5, 5.41) is 9.40. The van der Waals surface area contributed by atoms with Crippen LogP contribution in [0.4, 0.5) is 4.79 Å². The van der Waals surface area contributed by atoms with E-state index in [0.29, 0.717) is 13.1 Å². The minimum Gasteiger partial charge on any atom is -0.481 e. The Morgan fingerprint density at radius 2 is 2.10 bits per heavy atom. The van der Waals surface area contributed by atoms with Crippen LogP contribution < -0.4 is 0 Å². The van der Waals surface area contributed by atoms with Crippen LogP contribution in [0.2, 0.25) is 0 Å². The molecule has 0 fully saturated rings. The molecule has 0 spiro atoms. The maximum atomic E-state index is 12.4. The minimum atomic E-state index is -0.900. The molecule has 1 aliphatic rings. The van der Waals surface area contributed by atoms with Crippen molar-refractivity contribution >= 4 is 12.0 Å². The maximum absolute atomic E-state index is 12.4. The highest BCUT2D eigenvalue weighted by molar-refractivity contribution is 5.81. The highest BCUT2D eigenvalue weighted by atomic mass is 16.4. The third-order valence-electron chi connectivity index (χ3n) is 3.60. The van der Waals surface area contributed by atoms with Crippen LogP contribution in [-0.2, 0) is 11.3 Å². The number of carboxylic acid groups (broad SMARTS) is 1. The summed E-state index contributed by atoms with van der Waals surface area (Å²) >= 11 is 0. The number of carbonyl (C=O) groups is 2. The number of rotatable bonds is 3. The molecule has 1 unspecified atom stereocenters. The first kappa shape index (κ1) is 15.1. The Balaban J connectivity index is 2.23. The van der Waals surface area contributed by atoms with E-state index in [2.05, 4.69) is 6.58 Å². The van der Waals surface area contributed by atoms with Crippen LogP contribution >= 0.6 is 0 Å². The van der Waals surface area contributed by atoms with Gasteiger partial charge in [-0.15, -0.1) is 0 Å². The third kappa shape index (κ3) is 3.24. The molecule has 1 heterocycles. The molecular formula is C16H20N2O3. The Morgan fingerprint density at radius 1 is 1.43 bits per heavy atom. The molecule has 0 saturated heterocycles. The summed E-state index contributed by atoms with van der Waals surface area (Å²) in [4.78, 5) is 27.0. The second-order valence-electron chi connectivity index (χ2n) is 5.57. The second-order valence-corrected chi connectivity index (χ2v) is 5.57. The van der Waals surface area contributed by atoms with Crippen molar-refractivity contribution in [3.05, 3.63) is 47.5 Å². The standard InChI is InChI=1S/C16H20N2O3/c1-11(2)8-17(3)16(21)18-9-12-6-4-5-7-13(12)14(10-18)15(19)20/h4-7,14H,1,8-10H2,2-3H3,(H,19,20). The van der Waals surface area contributed by atoms with Gasteiger partial charge in [0, 0.05) is 26.7 Å². The molecule has 5 nitrogen and oxygen atoms in total. The van der Waals surface area contributed by atoms with Gasteiger partial charge in [-0.1, -0.05) is 36.4 Å². The van der Waals surface area contributed by atoms with Gasteiger partial charge in [-0.2, -0.15) is 0 Å². The lowest BCUT2D eigenvalue weighted by molar-refractivity contribution is -0.139. The Morgan fingerprint density at radius 3 is 2.71 bits per heavy atom. The van der Waals surface area contributed by atoms with Crippen LogP contribution in [0.15, 0.2) is 36.4 Å². The minimum absolute atomic E-state index is 0.168. The van der Waals surface area contributed by atoms with Gasteiger partial charge in [0.2, 0.25) is 0 Å². The van der Waals surface area contributed by atoms with E-state index in [1.54, 1.807) is 16.8 Å². The summed E-state index contributed by atoms with van der Waals surface area (Å²) in [6, 6.07) is 7.23. The van der Waals surface area contributed by atoms with E-state index in [0.717, 1.165) is 16.7 Å². The van der Waals surface area contributed by atoms with Crippen LogP contribution in [0.3, 0.4) is 0 Å². The molecule has 0 aromatic heterocycles. The number of amides is 2. The van der Waals surface area contributed by atoms with E-state index >= 15 is 0 Å². The predicted molar refractivity (Wildman–Crippen MR) is 80.1 cm³/mol. The highest BCUT2D eigenvalue weighted by Gasteiger charge is 2.33. The fourth-order valence-corrected chi connectivity index (χ4v) is 2.68. The van der Waals surface area contributed by atoms with Gasteiger partial charge >= 0.3 is 12.0 Å². The van der Waals surface area contributed by atoms with Crippen LogP contribution in [-0.4, -0.2) is 47.0 Å². The van der Waals surface area contributed by atoms with Crippen molar-refractivity contribution in [2.24, 2.45) is 0 Å². The summed E-state index contributed by atoms with van der Waals surface area (Å²) in [6.07, 6.45) is 0. The molecule has 5 heteroatoms. The molecule has 1 N–H and O–H groups in total. The molecule has 1 aromatic rings. The molecule has 21 heavy (non-hydrogen) atoms. The molecule has 0 aliphatic carbocycles. The van der Waals surface area contributed by atoms with Gasteiger partial charge in [0.05, 0.1) is 5.92 Å². The van der Waals surface area contributed by atoms with Gasteiger partial charge in [0.15, 0.2) is 0 Å². The third-order valence-corrected chi connectivity index (χ3v) is 3.60. The summed E-state index contributed by atoms with van der Waals surface area (Å²) in [7, 11) is 1.70. The lowest BCUT2D eigenvalue weighted by Gasteiger charge is -2.35. The average Bonchev–Trinajstić information content (AvgIpc) is 2.44. The van der Waals surface area contributed by atoms with E-state index in [1.807, 2.05) is 31.2 Å². The van der Waals surface area contributed by atoms with Crippen LogP contribution in [0, 0.1) is 0 Å². The van der Waals surface area contributed by atoms with Crippen molar-refractivity contribution in [2.45, 2.75) is 19.4 Å². The monoisotopic (exact) mass is 288 g/mol. The lowest BCUT2D eigenvalue weighted by Crippen LogP contribution is -2.46. The summed E-state index contributed by atoms with van der Waals surface area (Å²) in [5.74, 6) is -1.57. The number of benzene rings is 1. The highest BCUT2D eigenvalue weighted by Crippen LogP contribution is 2.29. The van der Waals surface area contributed by atoms with Crippen molar-refractivity contribution in [3.63, 3.8) is 0 Å². The number of likely N-dealkylation sites (N-methyl/N-ethyl adjacent to an activating group) is 1. The molecule has 1 aliphatic heterocycles. The zero-order chi connectivity index (χ0) is 15.6. The topological polar surface area (TPSA) is 60.9 Å². The van der Waals surface area contributed by atoms with Crippen molar-refractivity contribution in [1.29, 1.82) is 0 Å². The molecule has 0 bridgehead atoms. The largest absolute Gasteiger partial charge is 0.481 e. The summed E-state index contributed by atoms with van der Waals surface area (Å²) in [5.41, 5.74) is 2.59. The second kappa shape index (κ2) is 5.99. The Bertz CT molecular complexity index is 583. The fourth-order valence-electron chi connectivity index (χ4n) is 2.68. The zero-order valence-corrected chi connectivity index (χ0v) is 12.4. The fraction of sp³-hybridized carbons (Fsp3) is 0.375. The average molecular weight is 288 g/mol. The van der Waals surface area contributed by atoms with Crippen molar-refractivity contribution in [2.75, 3.05) is 20.1 Å². The maximum Gasteiger partial charge on any atom is 0.320 e. The van der Waals surface area contributed by atoms with E-state index < -0.39 is 11.9 Å². The first-order chi connectivity index (χ1) is 9.90. The lowest BCUT2D eigenvalue weighted by atomic mass is 9.90. The molecule has 112 valence electrons. The van der Waals surface area contributed by atoms with Gasteiger partial charge in [0.1, 0.15) is 0 Å². The Labute approximate surface area is 124 Å². The van der Waals surface area contributed by atoms with Gasteiger partial charge in [-0.05, 0) is 18.1 Å². The zero-order valence-electron chi connectivity index (χ0n) is 12.4. The van der Waals surface area contributed by atoms with Crippen molar-refractivity contribution in [3.8, 4) is 0 Å². The first-order valence-electron chi connectivity index (χ1n) is 6.85. The molecule has 2 amide bonds. The molecule has 1 atom stereocenters. The van der Waals surface area contributed by atoms with Gasteiger partial charge in [0.25, 0.3) is 0 Å². The Kier molecular flexibility index (Phi) is 4.31. The van der Waals surface area contributed by atoms with Gasteiger partial charge in [-0.25, -0.2) is 4.79 Å². The molecule has 1 aromatic carbocycles. The van der Waals surface area contributed by atoms with E-state index in [4.69, 9.17) is 0 Å². The number of carboxylic acids is 1. The van der Waals surface area contributed by atoms with E-state index in [-0.39, 0.29) is 12.6 Å². The van der Waals surface area contributed by atoms with Crippen molar-refractivity contribution in [1.82, 2.24) is 9.80 Å². The van der Waals surface area contributed by atoms with Gasteiger partial charge < -0.3 is 14.9 Å². The van der Waals surface area contributed by atoms with Crippen LogP contribution in [0.1, 0.15) is 24.0 Å². The molecular weight excluding hydrogens is 268 g/mol. The number of hydrogen-bond acceptors (Lipinski definition) is 2. The predicted octanol–water partition coefficient (Wildman–Crippen LogP) is 2.30. The number of hydrogen-bond donors (Lipinski definition) is 1. The quantitative estimate of drug-likeness (QED) is 0.868. The number of carbonyl (C=O) groups excluding carboxylic acids is 1.